The molecule has 1 amide bonds. The molecule has 0 saturated carbocycles. The van der Waals surface area contributed by atoms with Gasteiger partial charge in [-0.1, -0.05) is 133 Å². The molecule has 0 bridgehead atoms. The summed E-state index contributed by atoms with van der Waals surface area (Å²) in [4.78, 5) is 25.2. The van der Waals surface area contributed by atoms with Crippen LogP contribution in [-0.2, 0) is 18.4 Å². The lowest BCUT2D eigenvalue weighted by Gasteiger charge is -2.29. The number of carbonyl (C=O) groups is 1. The molecular weight excluding hydrogens is 647 g/mol. The van der Waals surface area contributed by atoms with Gasteiger partial charge in [0.05, 0.1) is 39.9 Å². The number of aliphatic hydroxyl groups excluding tert-OH is 1. The van der Waals surface area contributed by atoms with Crippen LogP contribution in [0.1, 0.15) is 155 Å². The molecule has 0 aromatic carbocycles. The molecule has 50 heavy (non-hydrogen) atoms. The van der Waals surface area contributed by atoms with E-state index in [4.69, 9.17) is 9.05 Å². The van der Waals surface area contributed by atoms with Crippen molar-refractivity contribution in [3.8, 4) is 0 Å². The molecular formula is C41H77N2O6P. The van der Waals surface area contributed by atoms with Crippen molar-refractivity contribution < 1.29 is 32.9 Å². The van der Waals surface area contributed by atoms with Crippen LogP contribution in [0.5, 0.6) is 0 Å². The van der Waals surface area contributed by atoms with Crippen LogP contribution < -0.4 is 10.2 Å². The quantitative estimate of drug-likeness (QED) is 0.0292. The molecule has 0 heterocycles. The zero-order valence-electron chi connectivity index (χ0n) is 32.8. The van der Waals surface area contributed by atoms with Gasteiger partial charge in [-0.3, -0.25) is 9.36 Å². The van der Waals surface area contributed by atoms with Crippen molar-refractivity contribution in [3.05, 3.63) is 48.6 Å². The number of unbranched alkanes of at least 4 members (excludes halogenated alkanes) is 16. The highest BCUT2D eigenvalue weighted by atomic mass is 31.2. The predicted molar refractivity (Wildman–Crippen MR) is 210 cm³/mol. The SMILES string of the molecule is CCCCC/C=C/C/C=C/CCCCCCCC(=O)N[C@@H](COP(=O)([O-])OCC[N+](C)(C)C)[C@H](O)/C=C/CC/C=C/CCCCCCCCC. The van der Waals surface area contributed by atoms with Crippen molar-refractivity contribution in [1.82, 2.24) is 5.32 Å². The van der Waals surface area contributed by atoms with Gasteiger partial charge in [-0.05, 0) is 64.2 Å². The first-order valence-corrected chi connectivity index (χ1v) is 21.5. The molecule has 2 N–H and O–H groups in total. The van der Waals surface area contributed by atoms with Crippen LogP contribution in [0.15, 0.2) is 48.6 Å². The monoisotopic (exact) mass is 725 g/mol. The number of phosphoric ester groups is 1. The number of aliphatic hydroxyl groups is 1. The standard InChI is InChI=1S/C41H77N2O6P/c1-6-8-10-12-14-16-18-20-21-23-25-27-29-31-33-35-41(45)42-39(38-49-50(46,47)48-37-36-43(3,4)5)40(44)34-32-30-28-26-24-22-19-17-15-13-11-9-7-2/h14,16,20-21,24,26,32,34,39-40,44H,6-13,15,17-19,22-23,25,27-31,33,35-38H2,1-5H3,(H-,42,45,46,47)/b16-14+,21-20+,26-24+,34-32+/t39-,40+/m0/s1. The Labute approximate surface area is 308 Å². The highest BCUT2D eigenvalue weighted by Gasteiger charge is 2.23. The molecule has 3 atom stereocenters. The second-order valence-electron chi connectivity index (χ2n) is 14.6. The topological polar surface area (TPSA) is 108 Å². The Balaban J connectivity index is 4.59. The molecule has 0 fully saturated rings. The van der Waals surface area contributed by atoms with Crippen LogP contribution in [0, 0.1) is 0 Å². The minimum absolute atomic E-state index is 0.0109. The first-order chi connectivity index (χ1) is 24.0. The maximum Gasteiger partial charge on any atom is 0.268 e. The number of phosphoric acid groups is 1. The molecule has 0 aromatic heterocycles. The summed E-state index contributed by atoms with van der Waals surface area (Å²) in [5.41, 5.74) is 0. The van der Waals surface area contributed by atoms with Crippen molar-refractivity contribution in [2.24, 2.45) is 0 Å². The zero-order valence-corrected chi connectivity index (χ0v) is 33.7. The van der Waals surface area contributed by atoms with Crippen molar-refractivity contribution in [3.63, 3.8) is 0 Å². The third kappa shape index (κ3) is 34.9. The Hall–Kier alpha value is -1.54. The summed E-state index contributed by atoms with van der Waals surface area (Å²) in [6.45, 7) is 4.55. The lowest BCUT2D eigenvalue weighted by molar-refractivity contribution is -0.870. The molecule has 0 aliphatic heterocycles. The number of rotatable bonds is 35. The van der Waals surface area contributed by atoms with E-state index >= 15 is 0 Å². The van der Waals surface area contributed by atoms with Crippen LogP contribution in [-0.4, -0.2) is 68.5 Å². The van der Waals surface area contributed by atoms with Crippen molar-refractivity contribution in [1.29, 1.82) is 0 Å². The molecule has 0 radical (unpaired) electrons. The lowest BCUT2D eigenvalue weighted by Crippen LogP contribution is -2.45. The van der Waals surface area contributed by atoms with Gasteiger partial charge < -0.3 is 28.8 Å². The van der Waals surface area contributed by atoms with Crippen LogP contribution in [0.2, 0.25) is 0 Å². The molecule has 0 rings (SSSR count). The van der Waals surface area contributed by atoms with E-state index in [0.717, 1.165) is 64.2 Å². The van der Waals surface area contributed by atoms with E-state index in [1.165, 1.54) is 70.6 Å². The van der Waals surface area contributed by atoms with Crippen LogP contribution >= 0.6 is 7.82 Å². The second kappa shape index (κ2) is 33.3. The summed E-state index contributed by atoms with van der Waals surface area (Å²) in [5.74, 6) is -0.225. The second-order valence-corrected chi connectivity index (χ2v) is 16.0. The van der Waals surface area contributed by atoms with E-state index in [9.17, 15) is 19.4 Å². The number of quaternary nitrogens is 1. The van der Waals surface area contributed by atoms with E-state index in [2.05, 4.69) is 55.6 Å². The largest absolute Gasteiger partial charge is 0.756 e. The molecule has 0 aliphatic carbocycles. The van der Waals surface area contributed by atoms with Gasteiger partial charge in [0.1, 0.15) is 13.2 Å². The molecule has 0 aliphatic rings. The number of hydrogen-bond donors (Lipinski definition) is 2. The van der Waals surface area contributed by atoms with E-state index in [1.807, 2.05) is 27.2 Å². The van der Waals surface area contributed by atoms with Crippen LogP contribution in [0.25, 0.3) is 0 Å². The Morgan fingerprint density at radius 1 is 0.700 bits per heavy atom. The fraction of sp³-hybridized carbons (Fsp3) is 0.780. The van der Waals surface area contributed by atoms with Gasteiger partial charge in [-0.25, -0.2) is 0 Å². The highest BCUT2D eigenvalue weighted by Crippen LogP contribution is 2.38. The third-order valence-corrected chi connectivity index (χ3v) is 9.48. The zero-order chi connectivity index (χ0) is 37.2. The van der Waals surface area contributed by atoms with Gasteiger partial charge in [-0.15, -0.1) is 0 Å². The van der Waals surface area contributed by atoms with Gasteiger partial charge in [0.15, 0.2) is 0 Å². The number of carbonyl (C=O) groups excluding carboxylic acids is 1. The smallest absolute Gasteiger partial charge is 0.268 e. The van der Waals surface area contributed by atoms with Crippen LogP contribution in [0.3, 0.4) is 0 Å². The summed E-state index contributed by atoms with van der Waals surface area (Å²) in [5, 5.41) is 13.7. The maximum absolute atomic E-state index is 12.8. The summed E-state index contributed by atoms with van der Waals surface area (Å²) in [7, 11) is 1.22. The fourth-order valence-electron chi connectivity index (χ4n) is 5.25. The summed E-state index contributed by atoms with van der Waals surface area (Å²) in [6.07, 6.45) is 40.1. The number of amides is 1. The molecule has 0 aromatic rings. The molecule has 292 valence electrons. The van der Waals surface area contributed by atoms with E-state index in [0.29, 0.717) is 17.4 Å². The molecule has 0 spiro atoms. The number of allylic oxidation sites excluding steroid dienone is 7. The normalized spacial score (nSPS) is 15.1. The Kier molecular flexibility index (Phi) is 32.3. The number of hydrogen-bond acceptors (Lipinski definition) is 6. The number of nitrogens with zero attached hydrogens (tertiary/aromatic N) is 1. The fourth-order valence-corrected chi connectivity index (χ4v) is 5.98. The first kappa shape index (κ1) is 48.5. The van der Waals surface area contributed by atoms with Gasteiger partial charge >= 0.3 is 0 Å². The van der Waals surface area contributed by atoms with Crippen molar-refractivity contribution in [2.45, 2.75) is 167 Å². The number of likely N-dealkylation sites (N-methyl/N-ethyl adjacent to an activating group) is 1. The van der Waals surface area contributed by atoms with E-state index in [-0.39, 0.29) is 12.5 Å². The van der Waals surface area contributed by atoms with Gasteiger partial charge in [0, 0.05) is 6.42 Å². The minimum Gasteiger partial charge on any atom is -0.756 e. The molecule has 8 nitrogen and oxygen atoms in total. The number of nitrogens with one attached hydrogen (secondary N) is 1. The third-order valence-electron chi connectivity index (χ3n) is 8.51. The average Bonchev–Trinajstić information content (AvgIpc) is 3.06. The average molecular weight is 725 g/mol. The summed E-state index contributed by atoms with van der Waals surface area (Å²) >= 11 is 0. The molecule has 1 unspecified atom stereocenters. The Bertz CT molecular complexity index is 959. The van der Waals surface area contributed by atoms with E-state index in [1.54, 1.807) is 6.08 Å². The first-order valence-electron chi connectivity index (χ1n) is 20.0. The molecule has 0 saturated heterocycles. The van der Waals surface area contributed by atoms with Gasteiger partial charge in [-0.2, -0.15) is 0 Å². The minimum atomic E-state index is -4.59. The van der Waals surface area contributed by atoms with Crippen LogP contribution in [0.4, 0.5) is 0 Å². The summed E-state index contributed by atoms with van der Waals surface area (Å²) < 4.78 is 23.1. The Morgan fingerprint density at radius 2 is 1.18 bits per heavy atom. The Morgan fingerprint density at radius 3 is 1.78 bits per heavy atom. The highest BCUT2D eigenvalue weighted by molar-refractivity contribution is 7.45. The molecule has 9 heteroatoms. The van der Waals surface area contributed by atoms with Crippen molar-refractivity contribution in [2.75, 3.05) is 40.9 Å². The van der Waals surface area contributed by atoms with Gasteiger partial charge in [0.2, 0.25) is 5.91 Å². The van der Waals surface area contributed by atoms with Gasteiger partial charge in [0.25, 0.3) is 7.82 Å². The maximum atomic E-state index is 12.8. The van der Waals surface area contributed by atoms with E-state index < -0.39 is 26.6 Å². The lowest BCUT2D eigenvalue weighted by atomic mass is 10.1. The predicted octanol–water partition coefficient (Wildman–Crippen LogP) is 9.89. The summed E-state index contributed by atoms with van der Waals surface area (Å²) in [6, 6.07) is -0.908. The van der Waals surface area contributed by atoms with Crippen molar-refractivity contribution >= 4 is 13.7 Å².